The predicted molar refractivity (Wildman–Crippen MR) is 136 cm³/mol. The molecule has 1 N–H and O–H groups in total. The zero-order valence-electron chi connectivity index (χ0n) is 19.8. The second-order valence-corrected chi connectivity index (χ2v) is 10.2. The van der Waals surface area contributed by atoms with Crippen LogP contribution < -0.4 is 10.1 Å². The quantitative estimate of drug-likeness (QED) is 0.331. The van der Waals surface area contributed by atoms with E-state index >= 15 is 0 Å². The Balaban J connectivity index is 1.52. The van der Waals surface area contributed by atoms with E-state index in [1.807, 2.05) is 30.5 Å². The molecule has 2 amide bonds. The van der Waals surface area contributed by atoms with Crippen molar-refractivity contribution in [2.75, 3.05) is 12.4 Å². The molecule has 0 saturated heterocycles. The average molecular weight is 506 g/mol. The number of urea groups is 1. The topological polar surface area (TPSA) is 46.5 Å². The number of nitrogens with one attached hydrogen (secondary N) is 1. The van der Waals surface area contributed by atoms with E-state index in [0.717, 1.165) is 48.0 Å². The van der Waals surface area contributed by atoms with Crippen molar-refractivity contribution in [1.29, 1.82) is 0 Å². The highest BCUT2D eigenvalue weighted by Gasteiger charge is 2.36. The van der Waals surface area contributed by atoms with Crippen LogP contribution in [0.1, 0.15) is 46.1 Å². The summed E-state index contributed by atoms with van der Waals surface area (Å²) < 4.78 is 36.3. The van der Waals surface area contributed by atoms with Gasteiger partial charge in [-0.15, -0.1) is 11.3 Å². The van der Waals surface area contributed by atoms with Crippen LogP contribution in [-0.4, -0.2) is 22.6 Å². The van der Waals surface area contributed by atoms with Crippen LogP contribution in [0.15, 0.2) is 60.8 Å². The van der Waals surface area contributed by atoms with E-state index in [0.29, 0.717) is 23.5 Å². The standard InChI is InChI=1S/C28H25F2N3O2S/c1-35-24-10-4-3-8-22(24)31-28(34)33-16-21-20-7-2-5-11-25(20)36-27(21)32-12-6-9-23(32)26(33)17-13-18(29)15-19(30)14-17/h3-4,6,8-10,12-15,26H,2,5,7,11,16H2,1H3,(H,31,34). The van der Waals surface area contributed by atoms with Gasteiger partial charge in [-0.2, -0.15) is 0 Å². The largest absolute Gasteiger partial charge is 0.495 e. The predicted octanol–water partition coefficient (Wildman–Crippen LogP) is 6.84. The molecule has 0 saturated carbocycles. The number of benzene rings is 2. The second-order valence-electron chi connectivity index (χ2n) is 9.16. The lowest BCUT2D eigenvalue weighted by Crippen LogP contribution is -2.38. The number of amides is 2. The molecule has 2 aromatic heterocycles. The molecule has 0 bridgehead atoms. The molecule has 2 aliphatic rings. The molecule has 1 atom stereocenters. The Hall–Kier alpha value is -3.65. The van der Waals surface area contributed by atoms with Gasteiger partial charge in [-0.1, -0.05) is 12.1 Å². The van der Waals surface area contributed by atoms with Crippen LogP contribution in [0.5, 0.6) is 5.75 Å². The third kappa shape index (κ3) is 3.86. The molecule has 0 spiro atoms. The van der Waals surface area contributed by atoms with Crippen molar-refractivity contribution in [3.63, 3.8) is 0 Å². The summed E-state index contributed by atoms with van der Waals surface area (Å²) >= 11 is 1.76. The fraction of sp³-hybridized carbons (Fsp3) is 0.250. The summed E-state index contributed by atoms with van der Waals surface area (Å²) in [6.45, 7) is 0.326. The Morgan fingerprint density at radius 1 is 1.03 bits per heavy atom. The first-order valence-electron chi connectivity index (χ1n) is 12.0. The molecule has 8 heteroatoms. The minimum Gasteiger partial charge on any atom is -0.495 e. The van der Waals surface area contributed by atoms with E-state index in [1.165, 1.54) is 22.6 Å². The van der Waals surface area contributed by atoms with Gasteiger partial charge >= 0.3 is 6.03 Å². The third-order valence-corrected chi connectivity index (χ3v) is 8.32. The van der Waals surface area contributed by atoms with Gasteiger partial charge in [0, 0.05) is 22.7 Å². The number of thiophene rings is 1. The molecule has 2 aromatic carbocycles. The van der Waals surface area contributed by atoms with Crippen LogP contribution in [0.2, 0.25) is 0 Å². The van der Waals surface area contributed by atoms with Crippen LogP contribution in [0.25, 0.3) is 5.00 Å². The SMILES string of the molecule is COc1ccccc1NC(=O)N1Cc2c(sc3c2CCCC3)-n2cccc2C1c1cc(F)cc(F)c1. The number of aromatic nitrogens is 1. The Kier molecular flexibility index (Phi) is 5.76. The number of halogens is 2. The van der Waals surface area contributed by atoms with Gasteiger partial charge in [0.2, 0.25) is 0 Å². The zero-order chi connectivity index (χ0) is 24.8. The number of para-hydroxylation sites is 2. The number of aryl methyl sites for hydroxylation is 1. The molecule has 1 unspecified atom stereocenters. The summed E-state index contributed by atoms with van der Waals surface area (Å²) in [5.41, 5.74) is 4.12. The summed E-state index contributed by atoms with van der Waals surface area (Å²) in [5.74, 6) is -0.819. The summed E-state index contributed by atoms with van der Waals surface area (Å²) in [6.07, 6.45) is 6.25. The van der Waals surface area contributed by atoms with Gasteiger partial charge < -0.3 is 19.5 Å². The zero-order valence-corrected chi connectivity index (χ0v) is 20.6. The third-order valence-electron chi connectivity index (χ3n) is 6.99. The van der Waals surface area contributed by atoms with Gasteiger partial charge in [0.1, 0.15) is 28.4 Å². The lowest BCUT2D eigenvalue weighted by atomic mass is 9.95. The monoisotopic (exact) mass is 505 g/mol. The van der Waals surface area contributed by atoms with Crippen LogP contribution in [0, 0.1) is 11.6 Å². The van der Waals surface area contributed by atoms with Gasteiger partial charge in [-0.25, -0.2) is 13.6 Å². The normalized spacial score (nSPS) is 16.5. The van der Waals surface area contributed by atoms with Crippen molar-refractivity contribution >= 4 is 23.1 Å². The lowest BCUT2D eigenvalue weighted by molar-refractivity contribution is 0.194. The number of hydrogen-bond acceptors (Lipinski definition) is 3. The Morgan fingerprint density at radius 3 is 2.61 bits per heavy atom. The number of fused-ring (bicyclic) bond motifs is 5. The highest BCUT2D eigenvalue weighted by molar-refractivity contribution is 7.15. The molecule has 1 aliphatic carbocycles. The number of hydrogen-bond donors (Lipinski definition) is 1. The van der Waals surface area contributed by atoms with Gasteiger partial charge in [0.05, 0.1) is 25.0 Å². The lowest BCUT2D eigenvalue weighted by Gasteiger charge is -2.31. The number of rotatable bonds is 3. The summed E-state index contributed by atoms with van der Waals surface area (Å²) in [5, 5.41) is 4.06. The highest BCUT2D eigenvalue weighted by Crippen LogP contribution is 2.44. The summed E-state index contributed by atoms with van der Waals surface area (Å²) in [7, 11) is 1.55. The van der Waals surface area contributed by atoms with Crippen molar-refractivity contribution in [3.8, 4) is 10.8 Å². The van der Waals surface area contributed by atoms with Crippen molar-refractivity contribution in [3.05, 3.63) is 99.7 Å². The maximum absolute atomic E-state index is 14.4. The molecule has 6 rings (SSSR count). The summed E-state index contributed by atoms with van der Waals surface area (Å²) in [4.78, 5) is 17.0. The number of anilines is 1. The number of nitrogens with zero attached hydrogens (tertiary/aromatic N) is 2. The number of methoxy groups -OCH3 is 1. The Bertz CT molecular complexity index is 1440. The molecule has 4 aromatic rings. The Labute approximate surface area is 211 Å². The molecular formula is C28H25F2N3O2S. The minimum absolute atomic E-state index is 0.326. The van der Waals surface area contributed by atoms with Gasteiger partial charge in [0.15, 0.2) is 0 Å². The van der Waals surface area contributed by atoms with Crippen LogP contribution in [-0.2, 0) is 19.4 Å². The van der Waals surface area contributed by atoms with Crippen LogP contribution >= 0.6 is 11.3 Å². The smallest absolute Gasteiger partial charge is 0.323 e. The van der Waals surface area contributed by atoms with Gasteiger partial charge in [-0.3, -0.25) is 0 Å². The van der Waals surface area contributed by atoms with E-state index in [9.17, 15) is 13.6 Å². The summed E-state index contributed by atoms with van der Waals surface area (Å²) in [6, 6.07) is 13.4. The molecular weight excluding hydrogens is 480 g/mol. The van der Waals surface area contributed by atoms with E-state index < -0.39 is 17.7 Å². The molecule has 3 heterocycles. The van der Waals surface area contributed by atoms with Crippen molar-refractivity contribution < 1.29 is 18.3 Å². The molecule has 5 nitrogen and oxygen atoms in total. The maximum atomic E-state index is 14.4. The van der Waals surface area contributed by atoms with Gasteiger partial charge in [0.25, 0.3) is 0 Å². The fourth-order valence-electron chi connectivity index (χ4n) is 5.41. The number of carbonyl (C=O) groups excluding carboxylic acids is 1. The molecule has 0 radical (unpaired) electrons. The molecule has 0 fully saturated rings. The minimum atomic E-state index is -0.696. The van der Waals surface area contributed by atoms with E-state index in [2.05, 4.69) is 9.88 Å². The number of carbonyl (C=O) groups is 1. The van der Waals surface area contributed by atoms with E-state index in [4.69, 9.17) is 4.74 Å². The molecule has 184 valence electrons. The first-order chi connectivity index (χ1) is 17.5. The highest BCUT2D eigenvalue weighted by atomic mass is 32.1. The van der Waals surface area contributed by atoms with Crippen molar-refractivity contribution in [2.24, 2.45) is 0 Å². The van der Waals surface area contributed by atoms with Crippen molar-refractivity contribution in [1.82, 2.24) is 9.47 Å². The maximum Gasteiger partial charge on any atom is 0.323 e. The van der Waals surface area contributed by atoms with Crippen LogP contribution in [0.4, 0.5) is 19.3 Å². The molecule has 36 heavy (non-hydrogen) atoms. The first kappa shape index (κ1) is 22.8. The van der Waals surface area contributed by atoms with Crippen molar-refractivity contribution in [2.45, 2.75) is 38.3 Å². The number of ether oxygens (including phenoxy) is 1. The van der Waals surface area contributed by atoms with E-state index in [1.54, 1.807) is 35.5 Å². The average Bonchev–Trinajstić information content (AvgIpc) is 3.45. The first-order valence-corrected chi connectivity index (χ1v) is 12.8. The van der Waals surface area contributed by atoms with E-state index in [-0.39, 0.29) is 6.03 Å². The second kappa shape index (κ2) is 9.09. The van der Waals surface area contributed by atoms with Crippen LogP contribution in [0.3, 0.4) is 0 Å². The van der Waals surface area contributed by atoms with Gasteiger partial charge in [-0.05, 0) is 73.2 Å². The molecule has 1 aliphatic heterocycles. The fourth-order valence-corrected chi connectivity index (χ4v) is 6.81. The Morgan fingerprint density at radius 2 is 1.81 bits per heavy atom.